The lowest BCUT2D eigenvalue weighted by Gasteiger charge is -2.24. The van der Waals surface area contributed by atoms with Crippen molar-refractivity contribution in [2.24, 2.45) is 11.8 Å². The van der Waals surface area contributed by atoms with Crippen LogP contribution in [0.4, 0.5) is 5.69 Å². The Morgan fingerprint density at radius 3 is 2.45 bits per heavy atom. The SMILES string of the molecule is CC(=O)c1ccc(N2C(=O)[C@@H]3[C@H]4C=C[C@@](C)(O4)[C@H]3C2=O)cc1. The molecule has 22 heavy (non-hydrogen) atoms. The van der Waals surface area contributed by atoms with Crippen LogP contribution < -0.4 is 4.90 Å². The average molecular weight is 297 g/mol. The van der Waals surface area contributed by atoms with Gasteiger partial charge in [0.1, 0.15) is 0 Å². The van der Waals surface area contributed by atoms with E-state index >= 15 is 0 Å². The van der Waals surface area contributed by atoms with Crippen LogP contribution in [0.3, 0.4) is 0 Å². The fourth-order valence-electron chi connectivity index (χ4n) is 3.75. The van der Waals surface area contributed by atoms with Gasteiger partial charge in [0.25, 0.3) is 0 Å². The summed E-state index contributed by atoms with van der Waals surface area (Å²) < 4.78 is 5.78. The van der Waals surface area contributed by atoms with E-state index in [-0.39, 0.29) is 23.7 Å². The van der Waals surface area contributed by atoms with Crippen LogP contribution in [0, 0.1) is 11.8 Å². The molecule has 0 spiro atoms. The molecule has 0 saturated carbocycles. The number of carbonyl (C=O) groups excluding carboxylic acids is 3. The molecule has 0 aliphatic carbocycles. The highest BCUT2D eigenvalue weighted by atomic mass is 16.5. The van der Waals surface area contributed by atoms with Gasteiger partial charge in [-0.3, -0.25) is 14.4 Å². The normalized spacial score (nSPS) is 35.4. The second-order valence-corrected chi connectivity index (χ2v) is 6.24. The van der Waals surface area contributed by atoms with Gasteiger partial charge in [-0.2, -0.15) is 0 Å². The summed E-state index contributed by atoms with van der Waals surface area (Å²) in [6.07, 6.45) is 3.44. The maximum Gasteiger partial charge on any atom is 0.241 e. The standard InChI is InChI=1S/C17H15NO4/c1-9(19)10-3-5-11(6-4-10)18-15(20)13-12-7-8-17(2,22-12)14(13)16(18)21/h3-8,12-14H,1-2H3/t12-,13-,14-,17-/m1/s1. The molecule has 0 aromatic heterocycles. The quantitative estimate of drug-likeness (QED) is 0.474. The van der Waals surface area contributed by atoms with Crippen molar-refractivity contribution in [3.8, 4) is 0 Å². The molecular weight excluding hydrogens is 282 g/mol. The molecule has 112 valence electrons. The minimum atomic E-state index is -0.684. The Hall–Kier alpha value is -2.27. The van der Waals surface area contributed by atoms with Crippen LogP contribution in [0.2, 0.25) is 0 Å². The first-order valence-corrected chi connectivity index (χ1v) is 7.28. The first kappa shape index (κ1) is 13.4. The lowest BCUT2D eigenvalue weighted by atomic mass is 9.78. The second-order valence-electron chi connectivity index (χ2n) is 6.24. The predicted octanol–water partition coefficient (Wildman–Crippen LogP) is 1.72. The van der Waals surface area contributed by atoms with Crippen molar-refractivity contribution in [2.75, 3.05) is 4.90 Å². The van der Waals surface area contributed by atoms with Gasteiger partial charge in [0.15, 0.2) is 5.78 Å². The Morgan fingerprint density at radius 2 is 1.86 bits per heavy atom. The molecule has 1 aromatic rings. The number of fused-ring (bicyclic) bond motifs is 5. The van der Waals surface area contributed by atoms with E-state index in [0.717, 1.165) is 0 Å². The van der Waals surface area contributed by atoms with Crippen molar-refractivity contribution in [3.63, 3.8) is 0 Å². The van der Waals surface area contributed by atoms with Crippen molar-refractivity contribution < 1.29 is 19.1 Å². The fraction of sp³-hybridized carbons (Fsp3) is 0.353. The Labute approximate surface area is 127 Å². The lowest BCUT2D eigenvalue weighted by Crippen LogP contribution is -2.38. The van der Waals surface area contributed by atoms with E-state index in [1.807, 2.05) is 19.1 Å². The third kappa shape index (κ3) is 1.54. The Bertz CT molecular complexity index is 736. The summed E-state index contributed by atoms with van der Waals surface area (Å²) in [5.41, 5.74) is 0.383. The summed E-state index contributed by atoms with van der Waals surface area (Å²) in [6, 6.07) is 6.56. The van der Waals surface area contributed by atoms with Crippen LogP contribution in [-0.4, -0.2) is 29.3 Å². The Morgan fingerprint density at radius 1 is 1.18 bits per heavy atom. The number of benzene rings is 1. The van der Waals surface area contributed by atoms with Crippen LogP contribution in [-0.2, 0) is 14.3 Å². The molecule has 3 aliphatic heterocycles. The average Bonchev–Trinajstić information content (AvgIpc) is 3.08. The van der Waals surface area contributed by atoms with E-state index in [0.29, 0.717) is 11.3 Å². The molecule has 3 aliphatic rings. The predicted molar refractivity (Wildman–Crippen MR) is 78.3 cm³/mol. The van der Waals surface area contributed by atoms with E-state index < -0.39 is 17.4 Å². The number of imide groups is 1. The molecule has 0 unspecified atom stereocenters. The lowest BCUT2D eigenvalue weighted by molar-refractivity contribution is -0.126. The molecule has 2 amide bonds. The van der Waals surface area contributed by atoms with Crippen molar-refractivity contribution in [2.45, 2.75) is 25.6 Å². The fourth-order valence-corrected chi connectivity index (χ4v) is 3.75. The third-order valence-electron chi connectivity index (χ3n) is 4.86. The van der Waals surface area contributed by atoms with Crippen LogP contribution in [0.15, 0.2) is 36.4 Å². The van der Waals surface area contributed by atoms with Crippen molar-refractivity contribution in [3.05, 3.63) is 42.0 Å². The van der Waals surface area contributed by atoms with Crippen molar-refractivity contribution >= 4 is 23.3 Å². The molecule has 0 radical (unpaired) electrons. The highest BCUT2D eigenvalue weighted by molar-refractivity contribution is 6.23. The van der Waals surface area contributed by atoms with Gasteiger partial charge in [0.05, 0.1) is 29.2 Å². The first-order chi connectivity index (χ1) is 10.4. The minimum Gasteiger partial charge on any atom is -0.362 e. The number of amides is 2. The van der Waals surface area contributed by atoms with Crippen LogP contribution in [0.5, 0.6) is 0 Å². The molecule has 0 N–H and O–H groups in total. The summed E-state index contributed by atoms with van der Waals surface area (Å²) in [5.74, 6) is -1.38. The molecule has 2 fully saturated rings. The first-order valence-electron chi connectivity index (χ1n) is 7.28. The number of ketones is 1. The highest BCUT2D eigenvalue weighted by Crippen LogP contribution is 2.52. The van der Waals surface area contributed by atoms with E-state index in [4.69, 9.17) is 4.74 Å². The van der Waals surface area contributed by atoms with E-state index in [1.54, 1.807) is 24.3 Å². The van der Waals surface area contributed by atoms with Crippen LogP contribution >= 0.6 is 0 Å². The van der Waals surface area contributed by atoms with Gasteiger partial charge in [-0.25, -0.2) is 4.90 Å². The summed E-state index contributed by atoms with van der Waals surface area (Å²) in [4.78, 5) is 38.0. The number of nitrogens with zero attached hydrogens (tertiary/aromatic N) is 1. The summed E-state index contributed by atoms with van der Waals surface area (Å²) in [6.45, 7) is 3.33. The van der Waals surface area contributed by atoms with Gasteiger partial charge in [-0.1, -0.05) is 12.2 Å². The van der Waals surface area contributed by atoms with Gasteiger partial charge < -0.3 is 4.74 Å². The van der Waals surface area contributed by atoms with E-state index in [1.165, 1.54) is 11.8 Å². The smallest absolute Gasteiger partial charge is 0.241 e. The maximum absolute atomic E-state index is 12.7. The highest BCUT2D eigenvalue weighted by Gasteiger charge is 2.65. The summed E-state index contributed by atoms with van der Waals surface area (Å²) >= 11 is 0. The number of carbonyl (C=O) groups is 3. The van der Waals surface area contributed by atoms with Crippen LogP contribution in [0.1, 0.15) is 24.2 Å². The maximum atomic E-state index is 12.7. The number of ether oxygens (including phenoxy) is 1. The Balaban J connectivity index is 1.71. The van der Waals surface area contributed by atoms with E-state index in [9.17, 15) is 14.4 Å². The van der Waals surface area contributed by atoms with Crippen molar-refractivity contribution in [1.82, 2.24) is 0 Å². The molecule has 4 atom stereocenters. The monoisotopic (exact) mass is 297 g/mol. The topological polar surface area (TPSA) is 63.7 Å². The number of Topliss-reactive ketones (excluding diaryl/α,β-unsaturated/α-hetero) is 1. The van der Waals surface area contributed by atoms with Gasteiger partial charge in [-0.15, -0.1) is 0 Å². The second kappa shape index (κ2) is 4.14. The van der Waals surface area contributed by atoms with Gasteiger partial charge in [-0.05, 0) is 38.1 Å². The van der Waals surface area contributed by atoms with Gasteiger partial charge in [0, 0.05) is 5.56 Å². The number of rotatable bonds is 2. The molecule has 5 nitrogen and oxygen atoms in total. The zero-order valence-corrected chi connectivity index (χ0v) is 12.3. The minimum absolute atomic E-state index is 0.0503. The van der Waals surface area contributed by atoms with E-state index in [2.05, 4.69) is 0 Å². The Kier molecular flexibility index (Phi) is 2.52. The summed E-state index contributed by atoms with van der Waals surface area (Å²) in [7, 11) is 0. The van der Waals surface area contributed by atoms with Crippen LogP contribution in [0.25, 0.3) is 0 Å². The van der Waals surface area contributed by atoms with Gasteiger partial charge >= 0.3 is 0 Å². The molecular formula is C17H15NO4. The summed E-state index contributed by atoms with van der Waals surface area (Å²) in [5, 5.41) is 0. The third-order valence-corrected chi connectivity index (χ3v) is 4.86. The molecule has 2 saturated heterocycles. The number of hydrogen-bond acceptors (Lipinski definition) is 4. The molecule has 3 heterocycles. The molecule has 2 bridgehead atoms. The molecule has 1 aromatic carbocycles. The van der Waals surface area contributed by atoms with Crippen molar-refractivity contribution in [1.29, 1.82) is 0 Å². The number of hydrogen-bond donors (Lipinski definition) is 0. The molecule has 4 rings (SSSR count). The zero-order valence-electron chi connectivity index (χ0n) is 12.3. The zero-order chi connectivity index (χ0) is 15.6. The van der Waals surface area contributed by atoms with Gasteiger partial charge in [0.2, 0.25) is 11.8 Å². The largest absolute Gasteiger partial charge is 0.362 e. The molecule has 5 heteroatoms. The number of anilines is 1.